The Bertz CT molecular complexity index is 426. The first-order valence-electron chi connectivity index (χ1n) is 6.37. The van der Waals surface area contributed by atoms with Crippen LogP contribution in [0.1, 0.15) is 36.0 Å². The van der Waals surface area contributed by atoms with Crippen molar-refractivity contribution >= 4 is 29.0 Å². The zero-order valence-corrected chi connectivity index (χ0v) is 11.8. The number of Topliss-reactive ketones (excluding diaryl/α,β-unsaturated/α-hetero) is 1. The molecule has 1 fully saturated rings. The van der Waals surface area contributed by atoms with Crippen LogP contribution in [-0.4, -0.2) is 30.3 Å². The normalized spacial score (nSPS) is 17.4. The summed E-state index contributed by atoms with van der Waals surface area (Å²) in [5.41, 5.74) is 0.647. The third-order valence-electron chi connectivity index (χ3n) is 3.31. The van der Waals surface area contributed by atoms with E-state index < -0.39 is 0 Å². The lowest BCUT2D eigenvalue weighted by molar-refractivity contribution is 0.0933. The number of carbonyl (C=O) groups is 1. The number of hydrogen-bond acceptors (Lipinski definition) is 2. The highest BCUT2D eigenvalue weighted by molar-refractivity contribution is 6.42. The zero-order valence-electron chi connectivity index (χ0n) is 10.3. The van der Waals surface area contributed by atoms with Crippen LogP contribution in [0.4, 0.5) is 0 Å². The predicted molar refractivity (Wildman–Crippen MR) is 75.7 cm³/mol. The molecule has 0 radical (unpaired) electrons. The molecule has 1 aliphatic rings. The van der Waals surface area contributed by atoms with Gasteiger partial charge in [0.1, 0.15) is 0 Å². The predicted octanol–water partition coefficient (Wildman–Crippen LogP) is 4.05. The summed E-state index contributed by atoms with van der Waals surface area (Å²) in [7, 11) is 0. The fourth-order valence-corrected chi connectivity index (χ4v) is 2.56. The minimum atomic E-state index is 0.121. The van der Waals surface area contributed by atoms with E-state index in [4.69, 9.17) is 23.2 Å². The molecular formula is C14H17Cl2NO. The number of nitrogens with zero attached hydrogens (tertiary/aromatic N) is 1. The lowest BCUT2D eigenvalue weighted by Crippen LogP contribution is -2.30. The number of likely N-dealkylation sites (tertiary alicyclic amines) is 1. The number of carbonyl (C=O) groups excluding carboxylic acids is 1. The van der Waals surface area contributed by atoms with Gasteiger partial charge in [-0.05, 0) is 44.1 Å². The van der Waals surface area contributed by atoms with E-state index in [1.807, 2.05) is 0 Å². The molecule has 0 aliphatic carbocycles. The van der Waals surface area contributed by atoms with Crippen LogP contribution in [0.5, 0.6) is 0 Å². The molecule has 18 heavy (non-hydrogen) atoms. The topological polar surface area (TPSA) is 20.3 Å². The van der Waals surface area contributed by atoms with Crippen molar-refractivity contribution in [1.29, 1.82) is 0 Å². The Morgan fingerprint density at radius 2 is 1.72 bits per heavy atom. The molecule has 0 saturated carbocycles. The largest absolute Gasteiger partial charge is 0.296 e. The molecule has 4 heteroatoms. The van der Waals surface area contributed by atoms with Crippen molar-refractivity contribution < 1.29 is 4.79 Å². The molecule has 1 aromatic carbocycles. The summed E-state index contributed by atoms with van der Waals surface area (Å²) in [6.45, 7) is 2.53. The summed E-state index contributed by atoms with van der Waals surface area (Å²) in [6, 6.07) is 5.08. The van der Waals surface area contributed by atoms with Gasteiger partial charge in [0, 0.05) is 5.56 Å². The van der Waals surface area contributed by atoms with Crippen LogP contribution in [0.3, 0.4) is 0 Å². The van der Waals surface area contributed by atoms with Gasteiger partial charge in [-0.1, -0.05) is 36.0 Å². The smallest absolute Gasteiger partial charge is 0.176 e. The second kappa shape index (κ2) is 6.55. The Balaban J connectivity index is 1.99. The molecule has 1 aliphatic heterocycles. The molecule has 0 amide bonds. The summed E-state index contributed by atoms with van der Waals surface area (Å²) in [4.78, 5) is 14.4. The first-order chi connectivity index (χ1) is 8.66. The zero-order chi connectivity index (χ0) is 13.0. The fourth-order valence-electron chi connectivity index (χ4n) is 2.26. The van der Waals surface area contributed by atoms with Crippen LogP contribution < -0.4 is 0 Å². The Labute approximate surface area is 118 Å². The Morgan fingerprint density at radius 1 is 1.06 bits per heavy atom. The van der Waals surface area contributed by atoms with Crippen LogP contribution in [0.15, 0.2) is 18.2 Å². The molecule has 0 bridgehead atoms. The Morgan fingerprint density at radius 3 is 2.33 bits per heavy atom. The van der Waals surface area contributed by atoms with Gasteiger partial charge in [-0.15, -0.1) is 0 Å². The summed E-state index contributed by atoms with van der Waals surface area (Å²) < 4.78 is 0. The van der Waals surface area contributed by atoms with Gasteiger partial charge in [0.15, 0.2) is 5.78 Å². The van der Waals surface area contributed by atoms with Gasteiger partial charge in [-0.3, -0.25) is 9.69 Å². The number of benzene rings is 1. The van der Waals surface area contributed by atoms with Crippen LogP contribution in [-0.2, 0) is 0 Å². The summed E-state index contributed by atoms with van der Waals surface area (Å²) >= 11 is 11.8. The lowest BCUT2D eigenvalue weighted by atomic mass is 10.1. The first kappa shape index (κ1) is 13.9. The van der Waals surface area contributed by atoms with Crippen molar-refractivity contribution in [2.24, 2.45) is 0 Å². The van der Waals surface area contributed by atoms with Crippen molar-refractivity contribution in [3.05, 3.63) is 33.8 Å². The van der Waals surface area contributed by atoms with Gasteiger partial charge in [-0.25, -0.2) is 0 Å². The van der Waals surface area contributed by atoms with Gasteiger partial charge in [-0.2, -0.15) is 0 Å². The second-order valence-electron chi connectivity index (χ2n) is 4.74. The number of hydrogen-bond donors (Lipinski definition) is 0. The molecule has 0 spiro atoms. The summed E-state index contributed by atoms with van der Waals surface area (Å²) in [5.74, 6) is 0.121. The van der Waals surface area contributed by atoms with E-state index in [1.165, 1.54) is 25.7 Å². The molecule has 1 heterocycles. The minimum Gasteiger partial charge on any atom is -0.296 e. The number of ketones is 1. The first-order valence-corrected chi connectivity index (χ1v) is 7.13. The Kier molecular flexibility index (Phi) is 5.04. The highest BCUT2D eigenvalue weighted by atomic mass is 35.5. The molecular weight excluding hydrogens is 269 g/mol. The maximum absolute atomic E-state index is 12.1. The van der Waals surface area contributed by atoms with Gasteiger partial charge in [0.25, 0.3) is 0 Å². The molecule has 2 rings (SSSR count). The van der Waals surface area contributed by atoms with Gasteiger partial charge in [0.05, 0.1) is 16.6 Å². The maximum Gasteiger partial charge on any atom is 0.176 e. The lowest BCUT2D eigenvalue weighted by Gasteiger charge is -2.18. The van der Waals surface area contributed by atoms with Gasteiger partial charge >= 0.3 is 0 Å². The van der Waals surface area contributed by atoms with Crippen LogP contribution in [0, 0.1) is 0 Å². The molecule has 1 saturated heterocycles. The third kappa shape index (κ3) is 3.71. The van der Waals surface area contributed by atoms with Crippen LogP contribution >= 0.6 is 23.2 Å². The summed E-state index contributed by atoms with van der Waals surface area (Å²) in [6.07, 6.45) is 4.93. The van der Waals surface area contributed by atoms with Crippen molar-refractivity contribution in [2.45, 2.75) is 25.7 Å². The SMILES string of the molecule is O=C(CN1CCCCCC1)c1ccc(Cl)c(Cl)c1. The molecule has 98 valence electrons. The highest BCUT2D eigenvalue weighted by Gasteiger charge is 2.15. The fraction of sp³-hybridized carbons (Fsp3) is 0.500. The monoisotopic (exact) mass is 285 g/mol. The van der Waals surface area contributed by atoms with Crippen molar-refractivity contribution in [1.82, 2.24) is 4.90 Å². The minimum absolute atomic E-state index is 0.121. The molecule has 1 aromatic rings. The highest BCUT2D eigenvalue weighted by Crippen LogP contribution is 2.23. The van der Waals surface area contributed by atoms with E-state index in [-0.39, 0.29) is 5.78 Å². The standard InChI is InChI=1S/C14H17Cl2NO/c15-12-6-5-11(9-13(12)16)14(18)10-17-7-3-1-2-4-8-17/h5-6,9H,1-4,7-8,10H2. The second-order valence-corrected chi connectivity index (χ2v) is 5.56. The van der Waals surface area contributed by atoms with Crippen molar-refractivity contribution in [3.63, 3.8) is 0 Å². The van der Waals surface area contributed by atoms with Gasteiger partial charge < -0.3 is 0 Å². The summed E-state index contributed by atoms with van der Waals surface area (Å²) in [5, 5.41) is 0.932. The molecule has 2 nitrogen and oxygen atoms in total. The molecule has 0 atom stereocenters. The van der Waals surface area contributed by atoms with E-state index in [0.717, 1.165) is 13.1 Å². The van der Waals surface area contributed by atoms with E-state index in [1.54, 1.807) is 18.2 Å². The van der Waals surface area contributed by atoms with Crippen LogP contribution in [0.2, 0.25) is 10.0 Å². The Hall–Kier alpha value is -0.570. The number of halogens is 2. The maximum atomic E-state index is 12.1. The molecule has 0 unspecified atom stereocenters. The van der Waals surface area contributed by atoms with Crippen molar-refractivity contribution in [2.75, 3.05) is 19.6 Å². The van der Waals surface area contributed by atoms with E-state index in [9.17, 15) is 4.79 Å². The third-order valence-corrected chi connectivity index (χ3v) is 4.05. The van der Waals surface area contributed by atoms with E-state index >= 15 is 0 Å². The number of rotatable bonds is 3. The van der Waals surface area contributed by atoms with E-state index in [0.29, 0.717) is 22.2 Å². The average Bonchev–Trinajstić information content (AvgIpc) is 2.61. The van der Waals surface area contributed by atoms with Gasteiger partial charge in [0.2, 0.25) is 0 Å². The van der Waals surface area contributed by atoms with Crippen molar-refractivity contribution in [3.8, 4) is 0 Å². The molecule has 0 N–H and O–H groups in total. The average molecular weight is 286 g/mol. The van der Waals surface area contributed by atoms with Crippen LogP contribution in [0.25, 0.3) is 0 Å². The molecule has 0 aromatic heterocycles. The quantitative estimate of drug-likeness (QED) is 0.781. The van der Waals surface area contributed by atoms with E-state index in [2.05, 4.69) is 4.90 Å².